The molecule has 0 aliphatic heterocycles. The quantitative estimate of drug-likeness (QED) is 0.193. The van der Waals surface area contributed by atoms with Crippen LogP contribution < -0.4 is 30.0 Å². The summed E-state index contributed by atoms with van der Waals surface area (Å²) in [7, 11) is -2.76. The van der Waals surface area contributed by atoms with Gasteiger partial charge in [0.1, 0.15) is 13.2 Å². The Kier molecular flexibility index (Phi) is 11.5. The van der Waals surface area contributed by atoms with E-state index in [9.17, 15) is 23.1 Å². The number of hydrogen-bond donors (Lipinski definition) is 4. The molecule has 0 saturated carbocycles. The summed E-state index contributed by atoms with van der Waals surface area (Å²) in [5.41, 5.74) is 5.22. The summed E-state index contributed by atoms with van der Waals surface area (Å²) in [4.78, 5) is 24.9. The highest BCUT2D eigenvalue weighted by Gasteiger charge is 2.30. The molecule has 3 aromatic carbocycles. The Morgan fingerprint density at radius 2 is 1.57 bits per heavy atom. The zero-order valence-electron chi connectivity index (χ0n) is 27.2. The van der Waals surface area contributed by atoms with Gasteiger partial charge in [-0.05, 0) is 52.8 Å². The summed E-state index contributed by atoms with van der Waals surface area (Å²) in [6, 6.07) is 15.2. The van der Waals surface area contributed by atoms with Gasteiger partial charge in [-0.3, -0.25) is 9.52 Å². The second-order valence-electron chi connectivity index (χ2n) is 12.6. The molecular formula is C33H43N3O9S. The van der Waals surface area contributed by atoms with Gasteiger partial charge < -0.3 is 35.1 Å². The molecule has 0 aliphatic rings. The number of nitrogens with one attached hydrogen (secondary N) is 2. The SMILES string of the molecule is COc1ccccc1Oc1c(NS(=O)(=O)c2ccc(C(C)(C)C)cc2)cc(C(=O)NC(COC(N)=O)C(C)(C)C)cc1OCCO. The standard InChI is InChI=1S/C33H43N3O9S/c1-32(2,3)22-12-14-23(15-13-22)46(40,41)36-24-18-21(30(38)35-28(33(4,5)6)20-44-31(34)39)19-27(43-17-16-37)29(24)45-26-11-9-8-10-25(26)42-7/h8-15,18-19,28,36-37H,16-17,20H2,1-7H3,(H2,34,39)(H,35,38). The van der Waals surface area contributed by atoms with Crippen LogP contribution in [-0.2, 0) is 20.2 Å². The predicted octanol–water partition coefficient (Wildman–Crippen LogP) is 5.20. The highest BCUT2D eigenvalue weighted by atomic mass is 32.2. The molecule has 0 aromatic heterocycles. The average Bonchev–Trinajstić information content (AvgIpc) is 2.98. The fourth-order valence-electron chi connectivity index (χ4n) is 4.24. The molecule has 0 spiro atoms. The van der Waals surface area contributed by atoms with Crippen LogP contribution in [0.4, 0.5) is 10.5 Å². The molecule has 12 nitrogen and oxygen atoms in total. The van der Waals surface area contributed by atoms with Crippen molar-refractivity contribution < 1.29 is 42.1 Å². The number of methoxy groups -OCH3 is 1. The number of rotatable bonds is 13. The van der Waals surface area contributed by atoms with Gasteiger partial charge in [0.2, 0.25) is 0 Å². The molecule has 13 heteroatoms. The minimum absolute atomic E-state index is 0.00516. The minimum atomic E-state index is -4.22. The average molecular weight is 658 g/mol. The number of aliphatic hydroxyl groups is 1. The molecule has 2 amide bonds. The van der Waals surface area contributed by atoms with Gasteiger partial charge in [0.25, 0.3) is 15.9 Å². The molecule has 0 radical (unpaired) electrons. The number of sulfonamides is 1. The number of hydrogen-bond acceptors (Lipinski definition) is 9. The van der Waals surface area contributed by atoms with Crippen molar-refractivity contribution in [1.82, 2.24) is 5.32 Å². The fourth-order valence-corrected chi connectivity index (χ4v) is 5.30. The monoisotopic (exact) mass is 657 g/mol. The Labute approximate surface area is 270 Å². The van der Waals surface area contributed by atoms with Gasteiger partial charge in [0, 0.05) is 5.56 Å². The molecule has 1 unspecified atom stereocenters. The Balaban J connectivity index is 2.17. The first-order valence-corrected chi connectivity index (χ1v) is 16.0. The number of benzene rings is 3. The van der Waals surface area contributed by atoms with Crippen LogP contribution in [0.15, 0.2) is 65.6 Å². The normalized spacial score (nSPS) is 12.5. The molecule has 0 heterocycles. The van der Waals surface area contributed by atoms with Crippen LogP contribution in [0.2, 0.25) is 0 Å². The van der Waals surface area contributed by atoms with Crippen molar-refractivity contribution in [2.45, 2.75) is 57.9 Å². The van der Waals surface area contributed by atoms with Gasteiger partial charge in [-0.15, -0.1) is 0 Å². The van der Waals surface area contributed by atoms with E-state index in [0.29, 0.717) is 5.75 Å². The van der Waals surface area contributed by atoms with E-state index >= 15 is 0 Å². The highest BCUT2D eigenvalue weighted by molar-refractivity contribution is 7.92. The predicted molar refractivity (Wildman–Crippen MR) is 174 cm³/mol. The van der Waals surface area contributed by atoms with Gasteiger partial charge >= 0.3 is 6.09 Å². The first kappa shape index (κ1) is 36.0. The molecule has 3 aromatic rings. The molecule has 0 fully saturated rings. The van der Waals surface area contributed by atoms with E-state index < -0.39 is 33.5 Å². The molecule has 1 atom stereocenters. The summed E-state index contributed by atoms with van der Waals surface area (Å²) >= 11 is 0. The number of para-hydroxylation sites is 2. The van der Waals surface area contributed by atoms with E-state index in [-0.39, 0.29) is 58.6 Å². The number of carbonyl (C=O) groups is 2. The number of anilines is 1. The second kappa shape index (κ2) is 14.7. The number of aliphatic hydroxyl groups excluding tert-OH is 1. The van der Waals surface area contributed by atoms with Crippen molar-refractivity contribution in [2.75, 3.05) is 31.7 Å². The van der Waals surface area contributed by atoms with E-state index in [2.05, 4.69) is 10.0 Å². The molecule has 5 N–H and O–H groups in total. The Hall–Kier alpha value is -4.49. The van der Waals surface area contributed by atoms with Gasteiger partial charge in [0.15, 0.2) is 23.0 Å². The van der Waals surface area contributed by atoms with Crippen LogP contribution in [0.1, 0.15) is 57.5 Å². The van der Waals surface area contributed by atoms with E-state index in [1.165, 1.54) is 31.4 Å². The lowest BCUT2D eigenvalue weighted by atomic mass is 9.87. The summed E-state index contributed by atoms with van der Waals surface area (Å²) in [6.45, 7) is 10.8. The Morgan fingerprint density at radius 3 is 2.11 bits per heavy atom. The fraction of sp³-hybridized carbons (Fsp3) is 0.394. The maximum Gasteiger partial charge on any atom is 0.404 e. The largest absolute Gasteiger partial charge is 0.493 e. The van der Waals surface area contributed by atoms with Gasteiger partial charge in [-0.1, -0.05) is 65.8 Å². The maximum atomic E-state index is 13.7. The lowest BCUT2D eigenvalue weighted by Gasteiger charge is -2.31. The van der Waals surface area contributed by atoms with E-state index in [4.69, 9.17) is 24.7 Å². The molecule has 0 bridgehead atoms. The van der Waals surface area contributed by atoms with E-state index in [1.54, 1.807) is 36.4 Å². The van der Waals surface area contributed by atoms with E-state index in [0.717, 1.165) is 5.56 Å². The first-order valence-electron chi connectivity index (χ1n) is 14.5. The van der Waals surface area contributed by atoms with Gasteiger partial charge in [-0.25, -0.2) is 13.2 Å². The summed E-state index contributed by atoms with van der Waals surface area (Å²) in [5.74, 6) is -0.141. The molecule has 250 valence electrons. The molecule has 3 rings (SSSR count). The van der Waals surface area contributed by atoms with Crippen LogP contribution in [0.5, 0.6) is 23.0 Å². The zero-order chi connectivity index (χ0) is 34.3. The van der Waals surface area contributed by atoms with Crippen LogP contribution in [-0.4, -0.2) is 58.5 Å². The van der Waals surface area contributed by atoms with Crippen molar-refractivity contribution in [1.29, 1.82) is 0 Å². The second-order valence-corrected chi connectivity index (χ2v) is 14.3. The lowest BCUT2D eigenvalue weighted by Crippen LogP contribution is -2.47. The van der Waals surface area contributed by atoms with Crippen LogP contribution in [0.25, 0.3) is 0 Å². The van der Waals surface area contributed by atoms with Crippen molar-refractivity contribution in [3.05, 3.63) is 71.8 Å². The third-order valence-electron chi connectivity index (χ3n) is 6.96. The molecule has 0 saturated heterocycles. The van der Waals surface area contributed by atoms with Crippen molar-refractivity contribution >= 4 is 27.7 Å². The van der Waals surface area contributed by atoms with Gasteiger partial charge in [0.05, 0.1) is 30.3 Å². The number of ether oxygens (including phenoxy) is 4. The zero-order valence-corrected chi connectivity index (χ0v) is 28.0. The maximum absolute atomic E-state index is 13.7. The van der Waals surface area contributed by atoms with E-state index in [1.807, 2.05) is 41.5 Å². The van der Waals surface area contributed by atoms with Crippen LogP contribution in [0, 0.1) is 5.41 Å². The molecule has 46 heavy (non-hydrogen) atoms. The minimum Gasteiger partial charge on any atom is -0.493 e. The number of nitrogens with two attached hydrogens (primary N) is 1. The number of primary amides is 1. The highest BCUT2D eigenvalue weighted by Crippen LogP contribution is 2.43. The van der Waals surface area contributed by atoms with Crippen molar-refractivity contribution in [3.8, 4) is 23.0 Å². The first-order chi connectivity index (χ1) is 21.5. The number of carbonyl (C=O) groups excluding carboxylic acids is 2. The third kappa shape index (κ3) is 9.51. The lowest BCUT2D eigenvalue weighted by molar-refractivity contribution is 0.0803. The van der Waals surface area contributed by atoms with Crippen LogP contribution >= 0.6 is 0 Å². The summed E-state index contributed by atoms with van der Waals surface area (Å²) in [5, 5.41) is 12.4. The summed E-state index contributed by atoms with van der Waals surface area (Å²) in [6.07, 6.45) is -0.992. The van der Waals surface area contributed by atoms with Gasteiger partial charge in [-0.2, -0.15) is 0 Å². The van der Waals surface area contributed by atoms with Crippen molar-refractivity contribution in [2.24, 2.45) is 11.1 Å². The smallest absolute Gasteiger partial charge is 0.404 e. The topological polar surface area (TPSA) is 176 Å². The molecular weight excluding hydrogens is 614 g/mol. The number of amides is 2. The Bertz CT molecular complexity index is 1630. The summed E-state index contributed by atoms with van der Waals surface area (Å²) < 4.78 is 52.3. The Morgan fingerprint density at radius 1 is 0.935 bits per heavy atom. The van der Waals surface area contributed by atoms with Crippen molar-refractivity contribution in [3.63, 3.8) is 0 Å². The molecule has 0 aliphatic carbocycles. The third-order valence-corrected chi connectivity index (χ3v) is 8.35. The van der Waals surface area contributed by atoms with Crippen LogP contribution in [0.3, 0.4) is 0 Å².